The number of aromatic nitrogens is 3. The van der Waals surface area contributed by atoms with Crippen molar-refractivity contribution < 1.29 is 43.3 Å². The van der Waals surface area contributed by atoms with Gasteiger partial charge < -0.3 is 39.9 Å². The Morgan fingerprint density at radius 1 is 1.22 bits per heavy atom. The monoisotopic (exact) mass is 424 g/mol. The molecule has 0 aromatic carbocycles. The lowest BCUT2D eigenvalue weighted by Crippen LogP contribution is -2.33. The van der Waals surface area contributed by atoms with E-state index in [-0.39, 0.29) is 11.6 Å². The molecule has 0 radical (unpaired) electrons. The van der Waals surface area contributed by atoms with Gasteiger partial charge in [0.15, 0.2) is 5.90 Å². The summed E-state index contributed by atoms with van der Waals surface area (Å²) in [6.45, 7) is -0.671. The molecule has 1 fully saturated rings. The summed E-state index contributed by atoms with van der Waals surface area (Å²) in [5.41, 5.74) is 6.19. The lowest BCUT2D eigenvalue weighted by atomic mass is 10.1. The minimum Gasteiger partial charge on any atom is -0.387 e. The van der Waals surface area contributed by atoms with Gasteiger partial charge in [0.2, 0.25) is 0 Å². The van der Waals surface area contributed by atoms with Gasteiger partial charge in [0, 0.05) is 12.4 Å². The van der Waals surface area contributed by atoms with Crippen LogP contribution in [0.1, 0.15) is 11.9 Å². The van der Waals surface area contributed by atoms with Crippen LogP contribution in [-0.2, 0) is 18.4 Å². The lowest BCUT2D eigenvalue weighted by molar-refractivity contribution is -0.0214. The minimum atomic E-state index is -4.78. The summed E-state index contributed by atoms with van der Waals surface area (Å²) in [7, 11) is -9.40. The first-order chi connectivity index (χ1) is 12.5. The van der Waals surface area contributed by atoms with Gasteiger partial charge in [0.25, 0.3) is 0 Å². The van der Waals surface area contributed by atoms with Gasteiger partial charge in [-0.2, -0.15) is 0 Å². The van der Waals surface area contributed by atoms with E-state index in [4.69, 9.17) is 20.3 Å². The molecule has 150 valence electrons. The van der Waals surface area contributed by atoms with Crippen molar-refractivity contribution in [3.63, 3.8) is 0 Å². The van der Waals surface area contributed by atoms with Gasteiger partial charge in [-0.25, -0.2) is 9.97 Å². The fourth-order valence-corrected chi connectivity index (χ4v) is 5.31. The number of fused-ring (bicyclic) bond motifs is 1. The molecule has 0 saturated carbocycles. The summed E-state index contributed by atoms with van der Waals surface area (Å²) in [5, 5.41) is 20.4. The van der Waals surface area contributed by atoms with Crippen molar-refractivity contribution in [3.05, 3.63) is 24.4 Å². The van der Waals surface area contributed by atoms with Crippen LogP contribution in [0.3, 0.4) is 0 Å². The van der Waals surface area contributed by atoms with E-state index in [2.05, 4.69) is 14.5 Å². The highest BCUT2D eigenvalue weighted by molar-refractivity contribution is 7.70. The molecule has 1 unspecified atom stereocenters. The second-order valence-electron chi connectivity index (χ2n) is 6.00. The molecule has 15 heteroatoms. The zero-order valence-electron chi connectivity index (χ0n) is 13.6. The zero-order valence-corrected chi connectivity index (χ0v) is 15.4. The van der Waals surface area contributed by atoms with E-state index < -0.39 is 52.1 Å². The van der Waals surface area contributed by atoms with Gasteiger partial charge in [-0.15, -0.1) is 0 Å². The normalized spacial score (nSPS) is 28.5. The van der Waals surface area contributed by atoms with Gasteiger partial charge in [-0.05, 0) is 0 Å². The Bertz CT molecular complexity index is 931. The minimum absolute atomic E-state index is 0.197. The number of nitrogen functional groups attached to an aromatic ring is 1. The maximum absolute atomic E-state index is 11.7. The van der Waals surface area contributed by atoms with Crippen LogP contribution >= 0.6 is 15.2 Å². The summed E-state index contributed by atoms with van der Waals surface area (Å²) >= 11 is 0. The predicted molar refractivity (Wildman–Crippen MR) is 89.7 cm³/mol. The Morgan fingerprint density at radius 3 is 2.59 bits per heavy atom. The standard InChI is InChI=1S/C12H18N4O9P2/c13-11-6-3-15-12(16(6)2-1-14-11)10-9(18)8(17)7(25-10)4-24-27(22,23)5-26(19,20)21/h1-3,7-10,17-18H,4-5H2,(H2,13,14)(H,22,23)(H2,19,20,21)/t7-,8-,9-,10-/m1/s1. The average Bonchev–Trinajstić information content (AvgIpc) is 3.07. The van der Waals surface area contributed by atoms with Gasteiger partial charge >= 0.3 is 15.2 Å². The number of imidazole rings is 1. The van der Waals surface area contributed by atoms with Gasteiger partial charge in [-0.1, -0.05) is 0 Å². The van der Waals surface area contributed by atoms with Crippen molar-refractivity contribution >= 4 is 26.5 Å². The van der Waals surface area contributed by atoms with Crippen molar-refractivity contribution in [2.75, 3.05) is 18.2 Å². The smallest absolute Gasteiger partial charge is 0.340 e. The molecule has 2 aromatic heterocycles. The van der Waals surface area contributed by atoms with Crippen molar-refractivity contribution in [1.29, 1.82) is 0 Å². The Labute approximate surface area is 152 Å². The fraction of sp³-hybridized carbons (Fsp3) is 0.500. The van der Waals surface area contributed by atoms with Crippen LogP contribution in [0.4, 0.5) is 5.82 Å². The summed E-state index contributed by atoms with van der Waals surface area (Å²) in [4.78, 5) is 35.1. The van der Waals surface area contributed by atoms with Gasteiger partial charge in [-0.3, -0.25) is 13.5 Å². The van der Waals surface area contributed by atoms with Gasteiger partial charge in [0.1, 0.15) is 41.6 Å². The topological polar surface area (TPSA) is 210 Å². The lowest BCUT2D eigenvalue weighted by Gasteiger charge is -2.18. The summed E-state index contributed by atoms with van der Waals surface area (Å²) in [6.07, 6.45) is -0.897. The fourth-order valence-electron chi connectivity index (χ4n) is 2.74. The SMILES string of the molecule is Nc1nccn2c([C@@H]3O[C@H](COP(=O)(O)CP(=O)(O)O)[C@@H](O)[C@H]3O)ncc12. The highest BCUT2D eigenvalue weighted by atomic mass is 31.2. The largest absolute Gasteiger partial charge is 0.387 e. The molecule has 0 aliphatic carbocycles. The molecule has 5 atom stereocenters. The number of rotatable bonds is 6. The van der Waals surface area contributed by atoms with E-state index in [0.717, 1.165) is 0 Å². The van der Waals surface area contributed by atoms with E-state index in [9.17, 15) is 24.2 Å². The third-order valence-corrected chi connectivity index (χ3v) is 7.39. The summed E-state index contributed by atoms with van der Waals surface area (Å²) < 4.78 is 34.2. The van der Waals surface area contributed by atoms with Crippen molar-refractivity contribution in [1.82, 2.24) is 14.4 Å². The number of hydrogen-bond acceptors (Lipinski definition) is 9. The first-order valence-electron chi connectivity index (χ1n) is 7.58. The Balaban J connectivity index is 1.75. The van der Waals surface area contributed by atoms with E-state index in [1.54, 1.807) is 0 Å². The molecule has 27 heavy (non-hydrogen) atoms. The first-order valence-corrected chi connectivity index (χ1v) is 11.1. The van der Waals surface area contributed by atoms with Crippen molar-refractivity contribution in [2.24, 2.45) is 0 Å². The number of ether oxygens (including phenoxy) is 1. The summed E-state index contributed by atoms with van der Waals surface area (Å²) in [5.74, 6) is -0.954. The molecule has 2 aromatic rings. The van der Waals surface area contributed by atoms with Crippen LogP contribution in [0, 0.1) is 0 Å². The Morgan fingerprint density at radius 2 is 1.93 bits per heavy atom. The number of aliphatic hydroxyl groups excluding tert-OH is 2. The molecule has 7 N–H and O–H groups in total. The van der Waals surface area contributed by atoms with E-state index in [1.807, 2.05) is 0 Å². The van der Waals surface area contributed by atoms with Gasteiger partial charge in [0.05, 0.1) is 12.8 Å². The molecule has 3 rings (SSSR count). The van der Waals surface area contributed by atoms with Crippen LogP contribution in [0.25, 0.3) is 5.52 Å². The predicted octanol–water partition coefficient (Wildman–Crippen LogP) is -1.19. The maximum Gasteiger partial charge on any atom is 0.340 e. The number of hydrogen-bond donors (Lipinski definition) is 6. The molecular weight excluding hydrogens is 406 g/mol. The van der Waals surface area contributed by atoms with Crippen LogP contribution in [-0.4, -0.2) is 70.1 Å². The van der Waals surface area contributed by atoms with Crippen molar-refractivity contribution in [2.45, 2.75) is 24.4 Å². The number of nitrogens with two attached hydrogens (primary N) is 1. The average molecular weight is 424 g/mol. The highest BCUT2D eigenvalue weighted by Gasteiger charge is 2.46. The van der Waals surface area contributed by atoms with Crippen LogP contribution in [0.15, 0.2) is 18.6 Å². The van der Waals surface area contributed by atoms with Crippen LogP contribution < -0.4 is 5.73 Å². The Hall–Kier alpha value is -1.40. The number of aliphatic hydroxyl groups is 2. The zero-order chi connectivity index (χ0) is 20.0. The second kappa shape index (κ2) is 7.21. The molecule has 1 aliphatic rings. The molecule has 1 saturated heterocycles. The van der Waals surface area contributed by atoms with E-state index in [1.165, 1.54) is 23.0 Å². The van der Waals surface area contributed by atoms with E-state index in [0.29, 0.717) is 5.52 Å². The number of anilines is 1. The molecule has 13 nitrogen and oxygen atoms in total. The second-order valence-corrected chi connectivity index (χ2v) is 9.99. The molecule has 0 bridgehead atoms. The van der Waals surface area contributed by atoms with Crippen molar-refractivity contribution in [3.8, 4) is 0 Å². The highest BCUT2D eigenvalue weighted by Crippen LogP contribution is 2.55. The van der Waals surface area contributed by atoms with Crippen LogP contribution in [0.2, 0.25) is 0 Å². The van der Waals surface area contributed by atoms with E-state index >= 15 is 0 Å². The maximum atomic E-state index is 11.7. The molecule has 0 amide bonds. The molecule has 1 aliphatic heterocycles. The molecule has 3 heterocycles. The quantitative estimate of drug-likeness (QED) is 0.302. The molecule has 0 spiro atoms. The molecular formula is C12H18N4O9P2. The number of nitrogens with zero attached hydrogens (tertiary/aromatic N) is 3. The Kier molecular flexibility index (Phi) is 5.43. The first kappa shape index (κ1) is 20.3. The van der Waals surface area contributed by atoms with Crippen LogP contribution in [0.5, 0.6) is 0 Å². The third-order valence-electron chi connectivity index (χ3n) is 3.94. The summed E-state index contributed by atoms with van der Waals surface area (Å²) in [6, 6.07) is 0. The third kappa shape index (κ3) is 4.37.